The summed E-state index contributed by atoms with van der Waals surface area (Å²) in [4.78, 5) is 20.3. The van der Waals surface area contributed by atoms with Gasteiger partial charge in [0, 0.05) is 12.4 Å². The van der Waals surface area contributed by atoms with E-state index in [2.05, 4.69) is 9.97 Å². The van der Waals surface area contributed by atoms with Crippen LogP contribution in [0.2, 0.25) is 0 Å². The molecule has 0 aliphatic heterocycles. The van der Waals surface area contributed by atoms with Crippen LogP contribution in [-0.4, -0.2) is 22.9 Å². The number of nitrogens with zero attached hydrogens (tertiary/aromatic N) is 2. The van der Waals surface area contributed by atoms with Crippen molar-refractivity contribution in [2.45, 2.75) is 13.8 Å². The number of rotatable bonds is 3. The number of hydrogen-bond donors (Lipinski definition) is 0. The topological polar surface area (TPSA) is 52.1 Å². The first-order valence-electron chi connectivity index (χ1n) is 5.60. The number of aryl methyl sites for hydroxylation is 2. The first-order valence-corrected chi connectivity index (χ1v) is 5.60. The van der Waals surface area contributed by atoms with Crippen molar-refractivity contribution in [1.29, 1.82) is 0 Å². The number of benzene rings is 1. The van der Waals surface area contributed by atoms with E-state index >= 15 is 0 Å². The Kier molecular flexibility index (Phi) is 3.37. The third kappa shape index (κ3) is 2.22. The number of ketones is 1. The number of hydrogen-bond acceptors (Lipinski definition) is 4. The number of carbonyl (C=O) groups excluding carboxylic acids is 1. The van der Waals surface area contributed by atoms with Crippen LogP contribution in [0.25, 0.3) is 0 Å². The molecule has 2 rings (SSSR count). The van der Waals surface area contributed by atoms with Gasteiger partial charge >= 0.3 is 0 Å². The standard InChI is InChI=1S/C14H14N2O2/c1-9-7-10(2)12(11(8-9)18-3)13(17)14-15-5-4-6-16-14/h4-8H,1-3H3. The summed E-state index contributed by atoms with van der Waals surface area (Å²) in [5.41, 5.74) is 2.44. The summed E-state index contributed by atoms with van der Waals surface area (Å²) >= 11 is 0. The quantitative estimate of drug-likeness (QED) is 0.775. The van der Waals surface area contributed by atoms with Crippen molar-refractivity contribution in [2.24, 2.45) is 0 Å². The smallest absolute Gasteiger partial charge is 0.234 e. The molecule has 0 spiro atoms. The average Bonchev–Trinajstić information content (AvgIpc) is 2.38. The normalized spacial score (nSPS) is 10.2. The van der Waals surface area contributed by atoms with Crippen LogP contribution in [0.3, 0.4) is 0 Å². The van der Waals surface area contributed by atoms with Crippen molar-refractivity contribution in [3.8, 4) is 5.75 Å². The van der Waals surface area contributed by atoms with E-state index < -0.39 is 0 Å². The summed E-state index contributed by atoms with van der Waals surface area (Å²) < 4.78 is 5.27. The van der Waals surface area contributed by atoms with E-state index in [9.17, 15) is 4.79 Å². The van der Waals surface area contributed by atoms with Crippen molar-refractivity contribution in [1.82, 2.24) is 9.97 Å². The molecular formula is C14H14N2O2. The second kappa shape index (κ2) is 4.96. The largest absolute Gasteiger partial charge is 0.496 e. The fourth-order valence-corrected chi connectivity index (χ4v) is 1.91. The van der Waals surface area contributed by atoms with Crippen molar-refractivity contribution in [3.63, 3.8) is 0 Å². The summed E-state index contributed by atoms with van der Waals surface area (Å²) in [5.74, 6) is 0.526. The van der Waals surface area contributed by atoms with E-state index in [1.807, 2.05) is 26.0 Å². The van der Waals surface area contributed by atoms with E-state index in [0.717, 1.165) is 11.1 Å². The molecule has 0 saturated heterocycles. The van der Waals surface area contributed by atoms with Crippen molar-refractivity contribution < 1.29 is 9.53 Å². The van der Waals surface area contributed by atoms with E-state index in [4.69, 9.17) is 4.74 Å². The number of aromatic nitrogens is 2. The first kappa shape index (κ1) is 12.2. The molecule has 0 aliphatic rings. The highest BCUT2D eigenvalue weighted by atomic mass is 16.5. The van der Waals surface area contributed by atoms with E-state index in [1.54, 1.807) is 25.6 Å². The molecule has 1 aromatic heterocycles. The molecular weight excluding hydrogens is 228 g/mol. The lowest BCUT2D eigenvalue weighted by molar-refractivity contribution is 0.102. The van der Waals surface area contributed by atoms with Crippen LogP contribution in [0.5, 0.6) is 5.75 Å². The van der Waals surface area contributed by atoms with Crippen LogP contribution < -0.4 is 4.74 Å². The molecule has 0 atom stereocenters. The summed E-state index contributed by atoms with van der Waals surface area (Å²) in [6.07, 6.45) is 3.10. The van der Waals surface area contributed by atoms with E-state index in [1.165, 1.54) is 0 Å². The van der Waals surface area contributed by atoms with Gasteiger partial charge in [-0.1, -0.05) is 6.07 Å². The minimum Gasteiger partial charge on any atom is -0.496 e. The number of ether oxygens (including phenoxy) is 1. The van der Waals surface area contributed by atoms with Gasteiger partial charge in [-0.2, -0.15) is 0 Å². The summed E-state index contributed by atoms with van der Waals surface area (Å²) in [7, 11) is 1.55. The summed E-state index contributed by atoms with van der Waals surface area (Å²) in [6.45, 7) is 3.84. The Labute approximate surface area is 106 Å². The predicted octanol–water partition coefficient (Wildman–Crippen LogP) is 2.33. The Bertz CT molecular complexity index is 580. The molecule has 0 radical (unpaired) electrons. The molecule has 4 nitrogen and oxygen atoms in total. The third-order valence-corrected chi connectivity index (χ3v) is 2.66. The molecule has 1 heterocycles. The predicted molar refractivity (Wildman–Crippen MR) is 67.9 cm³/mol. The zero-order chi connectivity index (χ0) is 13.1. The maximum absolute atomic E-state index is 12.4. The molecule has 0 saturated carbocycles. The van der Waals surface area contributed by atoms with E-state index in [-0.39, 0.29) is 11.6 Å². The second-order valence-electron chi connectivity index (χ2n) is 4.06. The average molecular weight is 242 g/mol. The molecule has 0 fully saturated rings. The van der Waals surface area contributed by atoms with Crippen LogP contribution in [-0.2, 0) is 0 Å². The zero-order valence-electron chi connectivity index (χ0n) is 10.6. The molecule has 4 heteroatoms. The van der Waals surface area contributed by atoms with Gasteiger partial charge in [0.15, 0.2) is 0 Å². The Morgan fingerprint density at radius 1 is 1.17 bits per heavy atom. The van der Waals surface area contributed by atoms with Crippen LogP contribution in [0.15, 0.2) is 30.6 Å². The summed E-state index contributed by atoms with van der Waals surface area (Å²) in [6, 6.07) is 5.46. The minimum atomic E-state index is -0.218. The van der Waals surface area contributed by atoms with Gasteiger partial charge in [0.05, 0.1) is 12.7 Å². The lowest BCUT2D eigenvalue weighted by Gasteiger charge is -2.11. The van der Waals surface area contributed by atoms with Gasteiger partial charge in [0.1, 0.15) is 5.75 Å². The molecule has 92 valence electrons. The highest BCUT2D eigenvalue weighted by Gasteiger charge is 2.19. The fraction of sp³-hybridized carbons (Fsp3) is 0.214. The monoisotopic (exact) mass is 242 g/mol. The minimum absolute atomic E-state index is 0.183. The molecule has 1 aromatic carbocycles. The molecule has 2 aromatic rings. The fourth-order valence-electron chi connectivity index (χ4n) is 1.91. The van der Waals surface area contributed by atoms with Gasteiger partial charge in [-0.05, 0) is 37.1 Å². The highest BCUT2D eigenvalue weighted by Crippen LogP contribution is 2.25. The highest BCUT2D eigenvalue weighted by molar-refractivity contribution is 6.09. The van der Waals surface area contributed by atoms with Gasteiger partial charge in [-0.15, -0.1) is 0 Å². The first-order chi connectivity index (χ1) is 8.63. The summed E-state index contributed by atoms with van der Waals surface area (Å²) in [5, 5.41) is 0. The van der Waals surface area contributed by atoms with E-state index in [0.29, 0.717) is 11.3 Å². The molecule has 0 amide bonds. The lowest BCUT2D eigenvalue weighted by atomic mass is 10.0. The van der Waals surface area contributed by atoms with Crippen molar-refractivity contribution in [3.05, 3.63) is 53.1 Å². The van der Waals surface area contributed by atoms with Crippen LogP contribution >= 0.6 is 0 Å². The Morgan fingerprint density at radius 2 is 1.83 bits per heavy atom. The number of methoxy groups -OCH3 is 1. The Balaban J connectivity index is 2.55. The lowest BCUT2D eigenvalue weighted by Crippen LogP contribution is -2.10. The molecule has 0 unspecified atom stereocenters. The number of carbonyl (C=O) groups is 1. The second-order valence-corrected chi connectivity index (χ2v) is 4.06. The maximum Gasteiger partial charge on any atom is 0.234 e. The van der Waals surface area contributed by atoms with Crippen LogP contribution in [0, 0.1) is 13.8 Å². The SMILES string of the molecule is COc1cc(C)cc(C)c1C(=O)c1ncccn1. The molecule has 0 bridgehead atoms. The van der Waals surface area contributed by atoms with Gasteiger partial charge in [0.25, 0.3) is 0 Å². The Hall–Kier alpha value is -2.23. The van der Waals surface area contributed by atoms with Gasteiger partial charge in [0.2, 0.25) is 11.6 Å². The van der Waals surface area contributed by atoms with Crippen LogP contribution in [0.1, 0.15) is 27.3 Å². The van der Waals surface area contributed by atoms with Gasteiger partial charge in [-0.25, -0.2) is 9.97 Å². The van der Waals surface area contributed by atoms with Gasteiger partial charge < -0.3 is 4.74 Å². The maximum atomic E-state index is 12.4. The Morgan fingerprint density at radius 3 is 2.44 bits per heavy atom. The molecule has 18 heavy (non-hydrogen) atoms. The van der Waals surface area contributed by atoms with Crippen LogP contribution in [0.4, 0.5) is 0 Å². The molecule has 0 aliphatic carbocycles. The zero-order valence-corrected chi connectivity index (χ0v) is 10.6. The third-order valence-electron chi connectivity index (χ3n) is 2.66. The van der Waals surface area contributed by atoms with Gasteiger partial charge in [-0.3, -0.25) is 4.79 Å². The molecule has 0 N–H and O–H groups in total. The van der Waals surface area contributed by atoms with Crippen molar-refractivity contribution in [2.75, 3.05) is 7.11 Å². The van der Waals surface area contributed by atoms with Crippen molar-refractivity contribution >= 4 is 5.78 Å².